The summed E-state index contributed by atoms with van der Waals surface area (Å²) in [6.45, 7) is 1.81. The van der Waals surface area contributed by atoms with Crippen LogP contribution in [-0.4, -0.2) is 9.97 Å². The van der Waals surface area contributed by atoms with Crippen molar-refractivity contribution < 1.29 is 0 Å². The Morgan fingerprint density at radius 3 is 2.76 bits per heavy atom. The molecule has 0 aliphatic carbocycles. The molecular formula is C12H10Br2N2O. The topological polar surface area (TPSA) is 45.8 Å². The summed E-state index contributed by atoms with van der Waals surface area (Å²) in [6.07, 6.45) is 0.614. The third-order valence-corrected chi connectivity index (χ3v) is 3.77. The Kier molecular flexibility index (Phi) is 3.79. The molecule has 0 fully saturated rings. The fraction of sp³-hybridized carbons (Fsp3) is 0.167. The SMILES string of the molecule is Cc1nc(Cc2cccc(Br)c2)[nH]c(=O)c1Br. The van der Waals surface area contributed by atoms with E-state index in [9.17, 15) is 4.79 Å². The van der Waals surface area contributed by atoms with E-state index in [1.807, 2.05) is 31.2 Å². The number of benzene rings is 1. The fourth-order valence-electron chi connectivity index (χ4n) is 1.55. The lowest BCUT2D eigenvalue weighted by molar-refractivity contribution is 0.911. The summed E-state index contributed by atoms with van der Waals surface area (Å²) in [5.41, 5.74) is 1.67. The summed E-state index contributed by atoms with van der Waals surface area (Å²) in [7, 11) is 0. The number of rotatable bonds is 2. The molecule has 0 saturated carbocycles. The van der Waals surface area contributed by atoms with E-state index in [1.165, 1.54) is 0 Å². The molecule has 1 aromatic carbocycles. The third-order valence-electron chi connectivity index (χ3n) is 2.34. The first-order valence-electron chi connectivity index (χ1n) is 5.06. The van der Waals surface area contributed by atoms with E-state index in [2.05, 4.69) is 41.8 Å². The van der Waals surface area contributed by atoms with Gasteiger partial charge in [-0.3, -0.25) is 4.79 Å². The number of aromatic nitrogens is 2. The van der Waals surface area contributed by atoms with Crippen molar-refractivity contribution in [3.63, 3.8) is 0 Å². The molecule has 0 saturated heterocycles. The van der Waals surface area contributed by atoms with Crippen molar-refractivity contribution in [2.75, 3.05) is 0 Å². The molecule has 0 bridgehead atoms. The van der Waals surface area contributed by atoms with E-state index in [4.69, 9.17) is 0 Å². The minimum absolute atomic E-state index is 0.137. The number of halogens is 2. The zero-order valence-corrected chi connectivity index (χ0v) is 12.3. The molecule has 2 rings (SSSR count). The van der Waals surface area contributed by atoms with Gasteiger partial charge in [0.2, 0.25) is 0 Å². The fourth-order valence-corrected chi connectivity index (χ4v) is 2.19. The van der Waals surface area contributed by atoms with Crippen LogP contribution in [0, 0.1) is 6.92 Å². The third kappa shape index (κ3) is 3.04. The molecule has 0 unspecified atom stereocenters. The summed E-state index contributed by atoms with van der Waals surface area (Å²) in [5.74, 6) is 0.675. The normalized spacial score (nSPS) is 10.5. The summed E-state index contributed by atoms with van der Waals surface area (Å²) < 4.78 is 1.52. The Balaban J connectivity index is 2.34. The lowest BCUT2D eigenvalue weighted by Gasteiger charge is -2.04. The highest BCUT2D eigenvalue weighted by molar-refractivity contribution is 9.10. The molecule has 0 radical (unpaired) electrons. The first-order valence-corrected chi connectivity index (χ1v) is 6.64. The molecular weight excluding hydrogens is 348 g/mol. The van der Waals surface area contributed by atoms with Gasteiger partial charge in [0.15, 0.2) is 0 Å². The van der Waals surface area contributed by atoms with Crippen LogP contribution < -0.4 is 5.56 Å². The maximum Gasteiger partial charge on any atom is 0.265 e. The number of nitrogens with zero attached hydrogens (tertiary/aromatic N) is 1. The maximum atomic E-state index is 11.6. The van der Waals surface area contributed by atoms with E-state index in [-0.39, 0.29) is 5.56 Å². The number of H-pyrrole nitrogens is 1. The van der Waals surface area contributed by atoms with Gasteiger partial charge in [0.25, 0.3) is 5.56 Å². The van der Waals surface area contributed by atoms with Crippen LogP contribution in [-0.2, 0) is 6.42 Å². The number of nitrogens with one attached hydrogen (secondary N) is 1. The van der Waals surface area contributed by atoms with Gasteiger partial charge in [-0.25, -0.2) is 4.98 Å². The van der Waals surface area contributed by atoms with Gasteiger partial charge in [0, 0.05) is 10.9 Å². The molecule has 3 nitrogen and oxygen atoms in total. The van der Waals surface area contributed by atoms with E-state index in [1.54, 1.807) is 0 Å². The Morgan fingerprint density at radius 2 is 2.12 bits per heavy atom. The minimum atomic E-state index is -0.137. The summed E-state index contributed by atoms with van der Waals surface area (Å²) in [4.78, 5) is 18.7. The van der Waals surface area contributed by atoms with Gasteiger partial charge >= 0.3 is 0 Å². The Morgan fingerprint density at radius 1 is 1.35 bits per heavy atom. The van der Waals surface area contributed by atoms with Gasteiger partial charge in [-0.05, 0) is 40.5 Å². The number of hydrogen-bond donors (Lipinski definition) is 1. The predicted octanol–water partition coefficient (Wildman–Crippen LogP) is 3.19. The molecule has 0 aliphatic heterocycles. The van der Waals surface area contributed by atoms with E-state index in [0.717, 1.165) is 10.0 Å². The van der Waals surface area contributed by atoms with Crippen LogP contribution in [0.25, 0.3) is 0 Å². The Bertz CT molecular complexity index is 608. The van der Waals surface area contributed by atoms with Crippen LogP contribution in [0.1, 0.15) is 17.1 Å². The zero-order valence-electron chi connectivity index (χ0n) is 9.13. The molecule has 17 heavy (non-hydrogen) atoms. The standard InChI is InChI=1S/C12H10Br2N2O/c1-7-11(14)12(17)16-10(15-7)6-8-3-2-4-9(13)5-8/h2-5H,6H2,1H3,(H,15,16,17). The Hall–Kier alpha value is -0.940. The molecule has 0 aliphatic rings. The molecule has 88 valence electrons. The summed E-state index contributed by atoms with van der Waals surface area (Å²) >= 11 is 6.61. The van der Waals surface area contributed by atoms with Gasteiger partial charge < -0.3 is 4.98 Å². The number of aryl methyl sites for hydroxylation is 1. The lowest BCUT2D eigenvalue weighted by atomic mass is 10.1. The van der Waals surface area contributed by atoms with E-state index >= 15 is 0 Å². The molecule has 5 heteroatoms. The van der Waals surface area contributed by atoms with Crippen LogP contribution in [0.4, 0.5) is 0 Å². The predicted molar refractivity (Wildman–Crippen MR) is 74.2 cm³/mol. The van der Waals surface area contributed by atoms with E-state index in [0.29, 0.717) is 22.4 Å². The average molecular weight is 358 g/mol. The van der Waals surface area contributed by atoms with Crippen LogP contribution in [0.5, 0.6) is 0 Å². The number of hydrogen-bond acceptors (Lipinski definition) is 2. The molecule has 0 atom stereocenters. The quantitative estimate of drug-likeness (QED) is 0.897. The number of aromatic amines is 1. The first-order chi connectivity index (χ1) is 8.06. The second-order valence-corrected chi connectivity index (χ2v) is 5.43. The van der Waals surface area contributed by atoms with Gasteiger partial charge in [-0.15, -0.1) is 0 Å². The highest BCUT2D eigenvalue weighted by Crippen LogP contribution is 2.14. The summed E-state index contributed by atoms with van der Waals surface area (Å²) in [6, 6.07) is 7.94. The maximum absolute atomic E-state index is 11.6. The monoisotopic (exact) mass is 356 g/mol. The highest BCUT2D eigenvalue weighted by atomic mass is 79.9. The largest absolute Gasteiger partial charge is 0.309 e. The van der Waals surface area contributed by atoms with Crippen molar-refractivity contribution in [3.8, 4) is 0 Å². The molecule has 1 N–H and O–H groups in total. The average Bonchev–Trinajstić information content (AvgIpc) is 2.26. The minimum Gasteiger partial charge on any atom is -0.309 e. The van der Waals surface area contributed by atoms with E-state index < -0.39 is 0 Å². The molecule has 1 aromatic heterocycles. The second-order valence-electron chi connectivity index (χ2n) is 3.72. The van der Waals surface area contributed by atoms with Crippen molar-refractivity contribution in [2.24, 2.45) is 0 Å². The van der Waals surface area contributed by atoms with Crippen molar-refractivity contribution in [1.82, 2.24) is 9.97 Å². The van der Waals surface area contributed by atoms with Gasteiger partial charge in [-0.1, -0.05) is 28.1 Å². The Labute approximate surface area is 116 Å². The van der Waals surface area contributed by atoms with Crippen molar-refractivity contribution in [3.05, 3.63) is 60.6 Å². The second kappa shape index (κ2) is 5.14. The highest BCUT2D eigenvalue weighted by Gasteiger charge is 2.05. The van der Waals surface area contributed by atoms with Crippen LogP contribution >= 0.6 is 31.9 Å². The summed E-state index contributed by atoms with van der Waals surface area (Å²) in [5, 5.41) is 0. The van der Waals surface area contributed by atoms with Gasteiger partial charge in [0.1, 0.15) is 10.3 Å². The lowest BCUT2D eigenvalue weighted by Crippen LogP contribution is -2.14. The van der Waals surface area contributed by atoms with Crippen LogP contribution in [0.15, 0.2) is 38.0 Å². The van der Waals surface area contributed by atoms with Gasteiger partial charge in [-0.2, -0.15) is 0 Å². The molecule has 2 aromatic rings. The molecule has 0 spiro atoms. The van der Waals surface area contributed by atoms with Gasteiger partial charge in [0.05, 0.1) is 5.69 Å². The molecule has 0 amide bonds. The smallest absolute Gasteiger partial charge is 0.265 e. The van der Waals surface area contributed by atoms with Crippen molar-refractivity contribution >= 4 is 31.9 Å². The van der Waals surface area contributed by atoms with Crippen LogP contribution in [0.3, 0.4) is 0 Å². The first kappa shape index (κ1) is 12.5. The zero-order chi connectivity index (χ0) is 12.4. The van der Waals surface area contributed by atoms with Crippen LogP contribution in [0.2, 0.25) is 0 Å². The van der Waals surface area contributed by atoms with Crippen molar-refractivity contribution in [2.45, 2.75) is 13.3 Å². The van der Waals surface area contributed by atoms with Crippen molar-refractivity contribution in [1.29, 1.82) is 0 Å². The molecule has 1 heterocycles.